The quantitative estimate of drug-likeness (QED) is 0.513. The molecule has 156 valence electrons. The molecule has 0 radical (unpaired) electrons. The molecule has 2 aromatic heterocycles. The normalized spacial score (nSPS) is 13.0. The Morgan fingerprint density at radius 3 is 2.67 bits per heavy atom. The summed E-state index contributed by atoms with van der Waals surface area (Å²) in [5, 5.41) is 11.4. The van der Waals surface area contributed by atoms with Gasteiger partial charge in [0.15, 0.2) is 5.69 Å². The summed E-state index contributed by atoms with van der Waals surface area (Å²) in [5.74, 6) is -0.632. The first kappa shape index (κ1) is 20.9. The van der Waals surface area contributed by atoms with Crippen LogP contribution in [0.2, 0.25) is 10.0 Å². The number of aromatic nitrogens is 2. The smallest absolute Gasteiger partial charge is 0.276 e. The van der Waals surface area contributed by atoms with Crippen LogP contribution in [0, 0.1) is 0 Å². The van der Waals surface area contributed by atoms with Crippen molar-refractivity contribution >= 4 is 57.0 Å². The van der Waals surface area contributed by atoms with Gasteiger partial charge in [-0.1, -0.05) is 23.2 Å². The van der Waals surface area contributed by atoms with E-state index in [1.807, 2.05) is 6.92 Å². The van der Waals surface area contributed by atoms with Crippen LogP contribution in [0.15, 0.2) is 30.5 Å². The highest BCUT2D eigenvalue weighted by Gasteiger charge is 2.27. The first-order valence-electron chi connectivity index (χ1n) is 9.72. The summed E-state index contributed by atoms with van der Waals surface area (Å²) < 4.78 is 1.69. The van der Waals surface area contributed by atoms with Crippen molar-refractivity contribution in [3.8, 4) is 0 Å². The number of halogens is 2. The van der Waals surface area contributed by atoms with Gasteiger partial charge >= 0.3 is 0 Å². The fourth-order valence-electron chi connectivity index (χ4n) is 3.50. The third-order valence-electron chi connectivity index (χ3n) is 5.00. The average Bonchev–Trinajstić information content (AvgIpc) is 3.34. The van der Waals surface area contributed by atoms with E-state index in [0.717, 1.165) is 36.1 Å². The number of anilines is 2. The first-order chi connectivity index (χ1) is 14.5. The van der Waals surface area contributed by atoms with Crippen LogP contribution < -0.4 is 10.6 Å². The Balaban J connectivity index is 1.65. The van der Waals surface area contributed by atoms with Gasteiger partial charge in [-0.2, -0.15) is 5.10 Å². The van der Waals surface area contributed by atoms with Crippen molar-refractivity contribution in [2.24, 2.45) is 0 Å². The number of thiophene rings is 1. The lowest BCUT2D eigenvalue weighted by Gasteiger charge is -2.14. The maximum absolute atomic E-state index is 13.2. The molecule has 0 saturated heterocycles. The minimum absolute atomic E-state index is 0.298. The Morgan fingerprint density at radius 2 is 1.93 bits per heavy atom. The lowest BCUT2D eigenvalue weighted by molar-refractivity contribution is 0.102. The molecule has 9 heteroatoms. The fraction of sp³-hybridized carbons (Fsp3) is 0.286. The molecule has 2 heterocycles. The molecule has 0 fully saturated rings. The molecule has 1 aliphatic carbocycles. The summed E-state index contributed by atoms with van der Waals surface area (Å²) in [4.78, 5) is 27.1. The molecule has 0 bridgehead atoms. The molecular weight excluding hydrogens is 443 g/mol. The minimum atomic E-state index is -0.334. The molecule has 2 N–H and O–H groups in total. The minimum Gasteiger partial charge on any atom is -0.321 e. The van der Waals surface area contributed by atoms with Gasteiger partial charge in [0, 0.05) is 22.6 Å². The SMILES string of the molecule is CCn1ccc(C(=O)Nc2sc3c(c2C(=O)Nc2ccc(Cl)cc2Cl)CCCC3)n1. The maximum atomic E-state index is 13.2. The summed E-state index contributed by atoms with van der Waals surface area (Å²) in [6.45, 7) is 2.63. The van der Waals surface area contributed by atoms with E-state index in [1.165, 1.54) is 11.3 Å². The molecule has 0 aliphatic heterocycles. The molecule has 0 atom stereocenters. The number of nitrogens with zero attached hydrogens (tertiary/aromatic N) is 2. The van der Waals surface area contributed by atoms with E-state index in [-0.39, 0.29) is 11.8 Å². The van der Waals surface area contributed by atoms with Crippen molar-refractivity contribution < 1.29 is 9.59 Å². The number of carbonyl (C=O) groups excluding carboxylic acids is 2. The molecule has 1 aromatic carbocycles. The molecule has 0 unspecified atom stereocenters. The van der Waals surface area contributed by atoms with Crippen molar-refractivity contribution in [3.63, 3.8) is 0 Å². The summed E-state index contributed by atoms with van der Waals surface area (Å²) in [7, 11) is 0. The Kier molecular flexibility index (Phi) is 6.13. The Labute approximate surface area is 188 Å². The van der Waals surface area contributed by atoms with E-state index >= 15 is 0 Å². The maximum Gasteiger partial charge on any atom is 0.276 e. The van der Waals surface area contributed by atoms with Crippen LogP contribution in [-0.4, -0.2) is 21.6 Å². The number of rotatable bonds is 5. The third kappa shape index (κ3) is 4.24. The number of nitrogens with one attached hydrogen (secondary N) is 2. The van der Waals surface area contributed by atoms with Gasteiger partial charge in [-0.25, -0.2) is 0 Å². The van der Waals surface area contributed by atoms with Crippen LogP contribution in [0.5, 0.6) is 0 Å². The molecule has 4 rings (SSSR count). The average molecular weight is 463 g/mol. The Bertz CT molecular complexity index is 1120. The largest absolute Gasteiger partial charge is 0.321 e. The second-order valence-corrected chi connectivity index (χ2v) is 8.95. The van der Waals surface area contributed by atoms with Crippen molar-refractivity contribution in [3.05, 3.63) is 62.2 Å². The third-order valence-corrected chi connectivity index (χ3v) is 6.76. The number of hydrogen-bond acceptors (Lipinski definition) is 4. The predicted octanol–water partition coefficient (Wildman–Crippen LogP) is 5.65. The van der Waals surface area contributed by atoms with Crippen molar-refractivity contribution in [2.45, 2.75) is 39.2 Å². The molecule has 30 heavy (non-hydrogen) atoms. The van der Waals surface area contributed by atoms with Crippen LogP contribution in [0.1, 0.15) is 51.1 Å². The zero-order valence-corrected chi connectivity index (χ0v) is 18.6. The molecule has 0 saturated carbocycles. The Hall–Kier alpha value is -2.35. The van der Waals surface area contributed by atoms with Gasteiger partial charge in [-0.05, 0) is 62.4 Å². The summed E-state index contributed by atoms with van der Waals surface area (Å²) in [6, 6.07) is 6.57. The van der Waals surface area contributed by atoms with Gasteiger partial charge in [0.25, 0.3) is 11.8 Å². The van der Waals surface area contributed by atoms with Gasteiger partial charge in [0.2, 0.25) is 0 Å². The highest BCUT2D eigenvalue weighted by Crippen LogP contribution is 2.39. The molecular formula is C21H20Cl2N4O2S. The second kappa shape index (κ2) is 8.79. The van der Waals surface area contributed by atoms with E-state index in [2.05, 4.69) is 15.7 Å². The van der Waals surface area contributed by atoms with Gasteiger partial charge < -0.3 is 10.6 Å². The molecule has 1 aliphatic rings. The number of amides is 2. The molecule has 3 aromatic rings. The van der Waals surface area contributed by atoms with Gasteiger partial charge in [-0.3, -0.25) is 14.3 Å². The lowest BCUT2D eigenvalue weighted by atomic mass is 9.95. The first-order valence-corrected chi connectivity index (χ1v) is 11.3. The number of benzene rings is 1. The molecule has 6 nitrogen and oxygen atoms in total. The molecule has 0 spiro atoms. The van der Waals surface area contributed by atoms with E-state index in [0.29, 0.717) is 38.5 Å². The van der Waals surface area contributed by atoms with E-state index in [9.17, 15) is 9.59 Å². The van der Waals surface area contributed by atoms with Crippen LogP contribution in [-0.2, 0) is 19.4 Å². The predicted molar refractivity (Wildman–Crippen MR) is 121 cm³/mol. The summed E-state index contributed by atoms with van der Waals surface area (Å²) in [6.07, 6.45) is 5.56. The second-order valence-electron chi connectivity index (χ2n) is 7.00. The zero-order chi connectivity index (χ0) is 21.3. The molecule has 2 amide bonds. The van der Waals surface area contributed by atoms with E-state index in [1.54, 1.807) is 35.1 Å². The van der Waals surface area contributed by atoms with Crippen molar-refractivity contribution in [1.29, 1.82) is 0 Å². The zero-order valence-electron chi connectivity index (χ0n) is 16.3. The number of hydrogen-bond donors (Lipinski definition) is 2. The van der Waals surface area contributed by atoms with Gasteiger partial charge in [0.1, 0.15) is 5.00 Å². The van der Waals surface area contributed by atoms with Crippen molar-refractivity contribution in [1.82, 2.24) is 9.78 Å². The number of carbonyl (C=O) groups is 2. The van der Waals surface area contributed by atoms with Gasteiger partial charge in [0.05, 0.1) is 16.3 Å². The lowest BCUT2D eigenvalue weighted by Crippen LogP contribution is -2.19. The highest BCUT2D eigenvalue weighted by molar-refractivity contribution is 7.17. The van der Waals surface area contributed by atoms with Crippen LogP contribution in [0.4, 0.5) is 10.7 Å². The monoisotopic (exact) mass is 462 g/mol. The highest BCUT2D eigenvalue weighted by atomic mass is 35.5. The van der Waals surface area contributed by atoms with Crippen LogP contribution in [0.25, 0.3) is 0 Å². The number of aryl methyl sites for hydroxylation is 2. The van der Waals surface area contributed by atoms with Crippen LogP contribution >= 0.6 is 34.5 Å². The van der Waals surface area contributed by atoms with E-state index in [4.69, 9.17) is 23.2 Å². The topological polar surface area (TPSA) is 76.0 Å². The fourth-order valence-corrected chi connectivity index (χ4v) is 5.23. The van der Waals surface area contributed by atoms with Crippen molar-refractivity contribution in [2.75, 3.05) is 10.6 Å². The van der Waals surface area contributed by atoms with E-state index < -0.39 is 0 Å². The van der Waals surface area contributed by atoms with Gasteiger partial charge in [-0.15, -0.1) is 11.3 Å². The number of fused-ring (bicyclic) bond motifs is 1. The summed E-state index contributed by atoms with van der Waals surface area (Å²) in [5.41, 5.74) is 2.29. The standard InChI is InChI=1S/C21H20Cl2N4O2S/c1-2-27-10-9-16(26-27)19(28)25-21-18(13-5-3-4-6-17(13)30-21)20(29)24-15-8-7-12(22)11-14(15)23/h7-11H,2-6H2,1H3,(H,24,29)(H,25,28). The summed E-state index contributed by atoms with van der Waals surface area (Å²) >= 11 is 13.6. The van der Waals surface area contributed by atoms with Crippen LogP contribution in [0.3, 0.4) is 0 Å². The Morgan fingerprint density at radius 1 is 1.13 bits per heavy atom.